The predicted octanol–water partition coefficient (Wildman–Crippen LogP) is 4.26. The summed E-state index contributed by atoms with van der Waals surface area (Å²) in [7, 11) is 0. The molecule has 0 saturated carbocycles. The second kappa shape index (κ2) is 5.05. The lowest BCUT2D eigenvalue weighted by Gasteiger charge is -2.06. The average Bonchev–Trinajstić information content (AvgIpc) is 2.32. The van der Waals surface area contributed by atoms with Crippen LogP contribution in [0.4, 0.5) is 4.39 Å². The standard InChI is InChI=1S/C13H10Cl2FN/c14-12-2-1-9(6-13(12)15)10-3-8(7-17)4-11(16)5-10/h1-6H,7,17H2. The summed E-state index contributed by atoms with van der Waals surface area (Å²) in [4.78, 5) is 0. The van der Waals surface area contributed by atoms with Crippen molar-refractivity contribution in [1.82, 2.24) is 0 Å². The van der Waals surface area contributed by atoms with Crippen LogP contribution in [0.1, 0.15) is 5.56 Å². The van der Waals surface area contributed by atoms with Crippen LogP contribution in [-0.4, -0.2) is 0 Å². The molecule has 0 aliphatic rings. The van der Waals surface area contributed by atoms with Gasteiger partial charge in [0.15, 0.2) is 0 Å². The first-order valence-corrected chi connectivity index (χ1v) is 5.80. The molecular formula is C13H10Cl2FN. The molecule has 0 atom stereocenters. The highest BCUT2D eigenvalue weighted by molar-refractivity contribution is 6.42. The Bertz CT molecular complexity index is 555. The summed E-state index contributed by atoms with van der Waals surface area (Å²) in [5, 5.41) is 0.925. The van der Waals surface area contributed by atoms with Crippen LogP contribution in [0.15, 0.2) is 36.4 Å². The molecule has 2 rings (SSSR count). The Hall–Kier alpha value is -1.09. The first kappa shape index (κ1) is 12.4. The van der Waals surface area contributed by atoms with Gasteiger partial charge in [0.1, 0.15) is 5.82 Å². The van der Waals surface area contributed by atoms with E-state index in [0.717, 1.165) is 16.7 Å². The van der Waals surface area contributed by atoms with E-state index in [1.807, 2.05) is 6.07 Å². The van der Waals surface area contributed by atoms with Gasteiger partial charge in [-0.1, -0.05) is 29.3 Å². The summed E-state index contributed by atoms with van der Waals surface area (Å²) in [6.45, 7) is 0.298. The highest BCUT2D eigenvalue weighted by Gasteiger charge is 2.05. The van der Waals surface area contributed by atoms with Crippen molar-refractivity contribution in [2.75, 3.05) is 0 Å². The van der Waals surface area contributed by atoms with E-state index in [-0.39, 0.29) is 5.82 Å². The van der Waals surface area contributed by atoms with Gasteiger partial charge in [-0.05, 0) is 47.0 Å². The van der Waals surface area contributed by atoms with Crippen LogP contribution in [-0.2, 0) is 6.54 Å². The summed E-state index contributed by atoms with van der Waals surface area (Å²) < 4.78 is 13.4. The third-order valence-corrected chi connectivity index (χ3v) is 3.19. The van der Waals surface area contributed by atoms with Crippen molar-refractivity contribution < 1.29 is 4.39 Å². The van der Waals surface area contributed by atoms with E-state index in [9.17, 15) is 4.39 Å². The van der Waals surface area contributed by atoms with E-state index in [1.165, 1.54) is 12.1 Å². The van der Waals surface area contributed by atoms with E-state index in [4.69, 9.17) is 28.9 Å². The molecule has 0 heterocycles. The highest BCUT2D eigenvalue weighted by atomic mass is 35.5. The van der Waals surface area contributed by atoms with Crippen LogP contribution < -0.4 is 5.73 Å². The molecule has 0 spiro atoms. The Morgan fingerprint density at radius 2 is 1.71 bits per heavy atom. The zero-order chi connectivity index (χ0) is 12.4. The fourth-order valence-electron chi connectivity index (χ4n) is 1.61. The van der Waals surface area contributed by atoms with E-state index in [1.54, 1.807) is 18.2 Å². The molecule has 0 amide bonds. The SMILES string of the molecule is NCc1cc(F)cc(-c2ccc(Cl)c(Cl)c2)c1. The van der Waals surface area contributed by atoms with Crippen LogP contribution in [0.2, 0.25) is 10.0 Å². The second-order valence-electron chi connectivity index (χ2n) is 3.68. The number of halogens is 3. The Labute approximate surface area is 109 Å². The molecule has 0 saturated heterocycles. The maximum Gasteiger partial charge on any atom is 0.124 e. The van der Waals surface area contributed by atoms with Crippen molar-refractivity contribution in [1.29, 1.82) is 0 Å². The van der Waals surface area contributed by atoms with Gasteiger partial charge in [-0.25, -0.2) is 4.39 Å². The predicted molar refractivity (Wildman–Crippen MR) is 69.7 cm³/mol. The number of rotatable bonds is 2. The smallest absolute Gasteiger partial charge is 0.124 e. The average molecular weight is 270 g/mol. The number of benzene rings is 2. The molecule has 1 nitrogen and oxygen atoms in total. The van der Waals surface area contributed by atoms with Crippen LogP contribution in [0.3, 0.4) is 0 Å². The lowest BCUT2D eigenvalue weighted by atomic mass is 10.0. The number of nitrogens with two attached hydrogens (primary N) is 1. The van der Waals surface area contributed by atoms with Gasteiger partial charge in [0.05, 0.1) is 10.0 Å². The minimum Gasteiger partial charge on any atom is -0.326 e. The van der Waals surface area contributed by atoms with Crippen LogP contribution in [0.25, 0.3) is 11.1 Å². The van der Waals surface area contributed by atoms with Gasteiger partial charge in [-0.15, -0.1) is 0 Å². The zero-order valence-electron chi connectivity index (χ0n) is 8.88. The first-order chi connectivity index (χ1) is 8.10. The number of hydrogen-bond donors (Lipinski definition) is 1. The lowest BCUT2D eigenvalue weighted by molar-refractivity contribution is 0.626. The minimum absolute atomic E-state index is 0.298. The molecule has 0 aromatic heterocycles. The third-order valence-electron chi connectivity index (χ3n) is 2.45. The molecule has 2 aromatic carbocycles. The summed E-state index contributed by atoms with van der Waals surface area (Å²) in [5.41, 5.74) is 7.80. The van der Waals surface area contributed by atoms with Crippen molar-refractivity contribution in [3.8, 4) is 11.1 Å². The molecular weight excluding hydrogens is 260 g/mol. The molecule has 0 aliphatic heterocycles. The van der Waals surface area contributed by atoms with Gasteiger partial charge in [0.2, 0.25) is 0 Å². The molecule has 0 aliphatic carbocycles. The fraction of sp³-hybridized carbons (Fsp3) is 0.0769. The Morgan fingerprint density at radius 3 is 2.35 bits per heavy atom. The molecule has 0 bridgehead atoms. The van der Waals surface area contributed by atoms with E-state index in [2.05, 4.69) is 0 Å². The topological polar surface area (TPSA) is 26.0 Å². The van der Waals surface area contributed by atoms with E-state index in [0.29, 0.717) is 16.6 Å². The van der Waals surface area contributed by atoms with Gasteiger partial charge in [0, 0.05) is 6.54 Å². The summed E-state index contributed by atoms with van der Waals surface area (Å²) in [6.07, 6.45) is 0. The summed E-state index contributed by atoms with van der Waals surface area (Å²) in [5.74, 6) is -0.311. The fourth-order valence-corrected chi connectivity index (χ4v) is 1.91. The molecule has 0 fully saturated rings. The monoisotopic (exact) mass is 269 g/mol. The van der Waals surface area contributed by atoms with Crippen molar-refractivity contribution in [3.05, 3.63) is 57.8 Å². The van der Waals surface area contributed by atoms with Crippen LogP contribution in [0.5, 0.6) is 0 Å². The lowest BCUT2D eigenvalue weighted by Crippen LogP contribution is -1.97. The Kier molecular flexibility index (Phi) is 3.67. The molecule has 0 unspecified atom stereocenters. The highest BCUT2D eigenvalue weighted by Crippen LogP contribution is 2.29. The van der Waals surface area contributed by atoms with E-state index < -0.39 is 0 Å². The van der Waals surface area contributed by atoms with Crippen LogP contribution >= 0.6 is 23.2 Å². The Morgan fingerprint density at radius 1 is 0.941 bits per heavy atom. The van der Waals surface area contributed by atoms with Crippen molar-refractivity contribution in [3.63, 3.8) is 0 Å². The summed E-state index contributed by atoms with van der Waals surface area (Å²) >= 11 is 11.8. The van der Waals surface area contributed by atoms with Gasteiger partial charge < -0.3 is 5.73 Å². The molecule has 2 aromatic rings. The summed E-state index contributed by atoms with van der Waals surface area (Å²) in [6, 6.07) is 9.89. The van der Waals surface area contributed by atoms with Gasteiger partial charge in [0.25, 0.3) is 0 Å². The molecule has 0 radical (unpaired) electrons. The third kappa shape index (κ3) is 2.78. The van der Waals surface area contributed by atoms with Gasteiger partial charge in [-0.2, -0.15) is 0 Å². The largest absolute Gasteiger partial charge is 0.326 e. The van der Waals surface area contributed by atoms with Gasteiger partial charge >= 0.3 is 0 Å². The quantitative estimate of drug-likeness (QED) is 0.866. The first-order valence-electron chi connectivity index (χ1n) is 5.05. The maximum atomic E-state index is 13.4. The van der Waals surface area contributed by atoms with E-state index >= 15 is 0 Å². The van der Waals surface area contributed by atoms with Crippen molar-refractivity contribution in [2.45, 2.75) is 6.54 Å². The molecule has 88 valence electrons. The van der Waals surface area contributed by atoms with Gasteiger partial charge in [-0.3, -0.25) is 0 Å². The number of hydrogen-bond acceptors (Lipinski definition) is 1. The molecule has 17 heavy (non-hydrogen) atoms. The van der Waals surface area contributed by atoms with Crippen LogP contribution in [0, 0.1) is 5.82 Å². The zero-order valence-corrected chi connectivity index (χ0v) is 10.4. The normalized spacial score (nSPS) is 10.6. The molecule has 2 N–H and O–H groups in total. The van der Waals surface area contributed by atoms with Crippen molar-refractivity contribution >= 4 is 23.2 Å². The van der Waals surface area contributed by atoms with Crippen molar-refractivity contribution in [2.24, 2.45) is 5.73 Å². The second-order valence-corrected chi connectivity index (χ2v) is 4.50. The Balaban J connectivity index is 2.52. The minimum atomic E-state index is -0.311. The maximum absolute atomic E-state index is 13.4. The molecule has 4 heteroatoms.